The zero-order valence-corrected chi connectivity index (χ0v) is 19.4. The topological polar surface area (TPSA) is 90.0 Å². The number of nitrogens with zero attached hydrogens (tertiary/aromatic N) is 5. The highest BCUT2D eigenvalue weighted by atomic mass is 35.5. The lowest BCUT2D eigenvalue weighted by molar-refractivity contribution is 0.0974. The summed E-state index contributed by atoms with van der Waals surface area (Å²) in [5, 5.41) is 1.27. The first-order chi connectivity index (χ1) is 15.6. The van der Waals surface area contributed by atoms with Gasteiger partial charge in [-0.05, 0) is 37.6 Å². The van der Waals surface area contributed by atoms with Gasteiger partial charge in [-0.1, -0.05) is 23.7 Å². The van der Waals surface area contributed by atoms with Crippen LogP contribution in [-0.2, 0) is 4.74 Å². The maximum atomic E-state index is 6.65. The Kier molecular flexibility index (Phi) is 6.03. The number of benzene rings is 1. The zero-order chi connectivity index (χ0) is 22.1. The van der Waals surface area contributed by atoms with Crippen molar-refractivity contribution in [2.24, 2.45) is 11.1 Å². The van der Waals surface area contributed by atoms with Gasteiger partial charge in [0.25, 0.3) is 0 Å². The first-order valence-corrected chi connectivity index (χ1v) is 11.9. The summed E-state index contributed by atoms with van der Waals surface area (Å²) < 4.78 is 5.83. The van der Waals surface area contributed by atoms with Crippen LogP contribution in [0, 0.1) is 5.41 Å². The Labute approximate surface area is 196 Å². The maximum absolute atomic E-state index is 6.65. The Morgan fingerprint density at radius 1 is 1.12 bits per heavy atom. The predicted octanol–water partition coefficient (Wildman–Crippen LogP) is 4.07. The Morgan fingerprint density at radius 2 is 1.91 bits per heavy atom. The van der Waals surface area contributed by atoms with Crippen molar-refractivity contribution in [1.29, 1.82) is 0 Å². The largest absolute Gasteiger partial charge is 0.376 e. The molecular weight excluding hydrogens is 444 g/mol. The van der Waals surface area contributed by atoms with Gasteiger partial charge in [-0.2, -0.15) is 0 Å². The van der Waals surface area contributed by atoms with Crippen LogP contribution in [0.1, 0.15) is 19.8 Å². The van der Waals surface area contributed by atoms with Crippen LogP contribution in [0.3, 0.4) is 0 Å². The van der Waals surface area contributed by atoms with Crippen LogP contribution < -0.4 is 10.6 Å². The third kappa shape index (κ3) is 4.08. The van der Waals surface area contributed by atoms with Crippen molar-refractivity contribution in [1.82, 2.24) is 19.9 Å². The monoisotopic (exact) mass is 468 g/mol. The molecule has 9 heteroatoms. The first kappa shape index (κ1) is 21.6. The number of halogens is 1. The minimum absolute atomic E-state index is 0.109. The second kappa shape index (κ2) is 8.94. The summed E-state index contributed by atoms with van der Waals surface area (Å²) in [5.74, 6) is 0. The summed E-state index contributed by atoms with van der Waals surface area (Å²) in [6, 6.07) is 5.96. The van der Waals surface area contributed by atoms with Crippen LogP contribution in [0.5, 0.6) is 0 Å². The van der Waals surface area contributed by atoms with Crippen molar-refractivity contribution < 1.29 is 4.74 Å². The molecule has 0 aliphatic carbocycles. The SMILES string of the molecule is C[C@@H]1OCC2(CCN(c3cnc(Sc4cccc(-c5cnccn5)c4Cl)nc3)CC2)[C@@H]1N. The maximum Gasteiger partial charge on any atom is 0.192 e. The molecule has 2 aliphatic heterocycles. The third-order valence-electron chi connectivity index (χ3n) is 6.59. The molecule has 2 N–H and O–H groups in total. The van der Waals surface area contributed by atoms with E-state index in [9.17, 15) is 0 Å². The van der Waals surface area contributed by atoms with E-state index in [1.54, 1.807) is 18.6 Å². The molecule has 2 saturated heterocycles. The van der Waals surface area contributed by atoms with Crippen LogP contribution in [0.25, 0.3) is 11.3 Å². The Balaban J connectivity index is 1.26. The van der Waals surface area contributed by atoms with Gasteiger partial charge in [0.15, 0.2) is 5.16 Å². The van der Waals surface area contributed by atoms with E-state index in [0.717, 1.165) is 54.4 Å². The average molecular weight is 469 g/mol. The third-order valence-corrected chi connectivity index (χ3v) is 8.06. The molecule has 0 saturated carbocycles. The molecule has 3 aromatic rings. The van der Waals surface area contributed by atoms with Crippen molar-refractivity contribution in [3.05, 3.63) is 54.2 Å². The van der Waals surface area contributed by atoms with Crippen molar-refractivity contribution in [2.45, 2.75) is 42.0 Å². The molecule has 5 rings (SSSR count). The lowest BCUT2D eigenvalue weighted by Gasteiger charge is -2.41. The molecular formula is C23H25ClN6OS. The van der Waals surface area contributed by atoms with Crippen molar-refractivity contribution in [3.63, 3.8) is 0 Å². The number of hydrogen-bond acceptors (Lipinski definition) is 8. The number of nitrogens with two attached hydrogens (primary N) is 1. The highest BCUT2D eigenvalue weighted by Crippen LogP contribution is 2.42. The van der Waals surface area contributed by atoms with Crippen molar-refractivity contribution >= 4 is 29.1 Å². The summed E-state index contributed by atoms with van der Waals surface area (Å²) in [5.41, 5.74) is 9.15. The summed E-state index contributed by atoms with van der Waals surface area (Å²) in [6.45, 7) is 4.71. The predicted molar refractivity (Wildman–Crippen MR) is 126 cm³/mol. The lowest BCUT2D eigenvalue weighted by atomic mass is 9.73. The smallest absolute Gasteiger partial charge is 0.192 e. The highest BCUT2D eigenvalue weighted by molar-refractivity contribution is 7.99. The van der Waals surface area contributed by atoms with Crippen molar-refractivity contribution in [3.8, 4) is 11.3 Å². The van der Waals surface area contributed by atoms with E-state index >= 15 is 0 Å². The first-order valence-electron chi connectivity index (χ1n) is 10.7. The molecule has 32 heavy (non-hydrogen) atoms. The van der Waals surface area contributed by atoms with Crippen LogP contribution in [0.2, 0.25) is 5.02 Å². The fraction of sp³-hybridized carbons (Fsp3) is 0.391. The highest BCUT2D eigenvalue weighted by Gasteiger charge is 2.47. The molecule has 2 aliphatic rings. The van der Waals surface area contributed by atoms with Gasteiger partial charge in [0, 0.05) is 47.4 Å². The van der Waals surface area contributed by atoms with Crippen LogP contribution in [0.15, 0.2) is 59.2 Å². The number of piperidine rings is 1. The molecule has 2 aromatic heterocycles. The van der Waals surface area contributed by atoms with Crippen LogP contribution >= 0.6 is 23.4 Å². The molecule has 166 valence electrons. The van der Waals surface area contributed by atoms with E-state index in [0.29, 0.717) is 10.2 Å². The van der Waals surface area contributed by atoms with E-state index in [1.165, 1.54) is 11.8 Å². The van der Waals surface area contributed by atoms with E-state index in [1.807, 2.05) is 30.6 Å². The van der Waals surface area contributed by atoms with Gasteiger partial charge in [-0.25, -0.2) is 9.97 Å². The molecule has 7 nitrogen and oxygen atoms in total. The van der Waals surface area contributed by atoms with Gasteiger partial charge in [-0.15, -0.1) is 0 Å². The fourth-order valence-electron chi connectivity index (χ4n) is 4.53. The van der Waals surface area contributed by atoms with Gasteiger partial charge in [0.1, 0.15) is 0 Å². The minimum atomic E-state index is 0.109. The van der Waals surface area contributed by atoms with E-state index < -0.39 is 0 Å². The van der Waals surface area contributed by atoms with E-state index in [2.05, 4.69) is 31.8 Å². The molecule has 0 radical (unpaired) electrons. The Morgan fingerprint density at radius 3 is 2.56 bits per heavy atom. The zero-order valence-electron chi connectivity index (χ0n) is 17.8. The van der Waals surface area contributed by atoms with Gasteiger partial charge in [0.2, 0.25) is 0 Å². The van der Waals surface area contributed by atoms with Gasteiger partial charge >= 0.3 is 0 Å². The van der Waals surface area contributed by atoms with E-state index in [4.69, 9.17) is 22.1 Å². The normalized spacial score (nSPS) is 22.4. The summed E-state index contributed by atoms with van der Waals surface area (Å²) >= 11 is 8.09. The van der Waals surface area contributed by atoms with Gasteiger partial charge in [-0.3, -0.25) is 9.97 Å². The molecule has 0 unspecified atom stereocenters. The molecule has 2 fully saturated rings. The summed E-state index contributed by atoms with van der Waals surface area (Å²) in [7, 11) is 0. The number of anilines is 1. The van der Waals surface area contributed by atoms with Gasteiger partial charge in [0.05, 0.1) is 47.7 Å². The standard InChI is InChI=1S/C23H25ClN6OS/c1-15-21(25)23(14-31-15)5-9-30(10-6-23)16-11-28-22(29-12-16)32-19-4-2-3-17(20(19)24)18-13-26-7-8-27-18/h2-4,7-8,11-13,15,21H,5-6,9-10,14,25H2,1H3/t15-,21+/m0/s1. The Bertz CT molecular complexity index is 1080. The van der Waals surface area contributed by atoms with Gasteiger partial charge < -0.3 is 15.4 Å². The van der Waals surface area contributed by atoms with Crippen LogP contribution in [-0.4, -0.2) is 51.8 Å². The number of ether oxygens (including phenoxy) is 1. The molecule has 0 amide bonds. The Hall–Kier alpha value is -2.26. The number of rotatable bonds is 4. The number of hydrogen-bond donors (Lipinski definition) is 1. The lowest BCUT2D eigenvalue weighted by Crippen LogP contribution is -2.50. The molecule has 4 heterocycles. The summed E-state index contributed by atoms with van der Waals surface area (Å²) in [6.07, 6.45) is 11.0. The molecule has 1 aromatic carbocycles. The summed E-state index contributed by atoms with van der Waals surface area (Å²) in [4.78, 5) is 20.9. The fourth-order valence-corrected chi connectivity index (χ4v) is 5.62. The average Bonchev–Trinajstić information content (AvgIpc) is 3.10. The number of aromatic nitrogens is 4. The van der Waals surface area contributed by atoms with E-state index in [-0.39, 0.29) is 17.6 Å². The molecule has 0 bridgehead atoms. The second-order valence-corrected chi connectivity index (χ2v) is 9.81. The quantitative estimate of drug-likeness (QED) is 0.573. The minimum Gasteiger partial charge on any atom is -0.376 e. The second-order valence-electron chi connectivity index (χ2n) is 8.43. The molecule has 2 atom stereocenters. The van der Waals surface area contributed by atoms with Crippen molar-refractivity contribution in [2.75, 3.05) is 24.6 Å². The molecule has 1 spiro atoms. The van der Waals surface area contributed by atoms with Crippen LogP contribution in [0.4, 0.5) is 5.69 Å².